The lowest BCUT2D eigenvalue weighted by Gasteiger charge is -2.49. The fourth-order valence-electron chi connectivity index (χ4n) is 3.89. The van der Waals surface area contributed by atoms with Crippen LogP contribution in [0.4, 0.5) is 0 Å². The van der Waals surface area contributed by atoms with Crippen molar-refractivity contribution in [1.29, 1.82) is 0 Å². The average Bonchev–Trinajstić information content (AvgIpc) is 2.85. The summed E-state index contributed by atoms with van der Waals surface area (Å²) in [7, 11) is 1.59. The number of thioether (sulfide) groups is 1. The second-order valence-corrected chi connectivity index (χ2v) is 8.95. The Balaban J connectivity index is 1.41. The van der Waals surface area contributed by atoms with Gasteiger partial charge in [-0.25, -0.2) is 4.79 Å². The minimum atomic E-state index is -0.644. The molecule has 2 amide bonds. The third-order valence-corrected chi connectivity index (χ3v) is 7.06. The van der Waals surface area contributed by atoms with Crippen molar-refractivity contribution in [2.24, 2.45) is 0 Å². The lowest BCUT2D eigenvalue weighted by atomic mass is 10.0. The molecule has 2 aliphatic heterocycles. The number of rotatable bonds is 8. The van der Waals surface area contributed by atoms with E-state index in [1.54, 1.807) is 31.0 Å². The summed E-state index contributed by atoms with van der Waals surface area (Å²) in [6.45, 7) is 2.05. The zero-order valence-electron chi connectivity index (χ0n) is 18.6. The number of amides is 2. The van der Waals surface area contributed by atoms with E-state index >= 15 is 0 Å². The molecule has 0 bridgehead atoms. The van der Waals surface area contributed by atoms with Crippen molar-refractivity contribution in [2.75, 3.05) is 12.9 Å². The van der Waals surface area contributed by atoms with Crippen LogP contribution in [0, 0.1) is 0 Å². The maximum Gasteiger partial charge on any atom is 0.355 e. The molecule has 0 saturated carbocycles. The molecule has 1 fully saturated rings. The SMILES string of the molecule is CCC1=C(C(=O)OCc2ccc(OC)cc2)N2C(=O)C(NC(=O)Cc3ccccc3)C2SC1. The molecule has 0 aromatic heterocycles. The third kappa shape index (κ3) is 4.90. The third-order valence-electron chi connectivity index (χ3n) is 5.72. The quantitative estimate of drug-likeness (QED) is 0.476. The van der Waals surface area contributed by atoms with E-state index in [4.69, 9.17) is 9.47 Å². The van der Waals surface area contributed by atoms with Gasteiger partial charge in [0, 0.05) is 5.75 Å². The van der Waals surface area contributed by atoms with E-state index in [-0.39, 0.29) is 30.2 Å². The van der Waals surface area contributed by atoms with Crippen LogP contribution in [0.1, 0.15) is 24.5 Å². The number of carbonyl (C=O) groups excluding carboxylic acids is 3. The largest absolute Gasteiger partial charge is 0.497 e. The standard InChI is InChI=1S/C25H26N2O5S/c1-3-18-15-33-24-21(26-20(28)13-16-7-5-4-6-8-16)23(29)27(24)22(18)25(30)32-14-17-9-11-19(31-2)12-10-17/h4-12,21,24H,3,13-15H2,1-2H3,(H,26,28). The van der Waals surface area contributed by atoms with Gasteiger partial charge in [-0.15, -0.1) is 11.8 Å². The molecule has 4 rings (SSSR count). The number of hydrogen-bond donors (Lipinski definition) is 1. The van der Waals surface area contributed by atoms with Crippen molar-refractivity contribution in [3.05, 3.63) is 77.0 Å². The summed E-state index contributed by atoms with van der Waals surface area (Å²) in [5, 5.41) is 2.53. The van der Waals surface area contributed by atoms with Gasteiger partial charge >= 0.3 is 5.97 Å². The fourth-order valence-corrected chi connectivity index (χ4v) is 5.34. The molecule has 8 heteroatoms. The zero-order chi connectivity index (χ0) is 23.4. The number of carbonyl (C=O) groups is 3. The summed E-state index contributed by atoms with van der Waals surface area (Å²) < 4.78 is 10.7. The van der Waals surface area contributed by atoms with E-state index < -0.39 is 12.0 Å². The molecule has 0 spiro atoms. The van der Waals surface area contributed by atoms with Gasteiger partial charge in [0.15, 0.2) is 0 Å². The summed E-state index contributed by atoms with van der Waals surface area (Å²) in [6.07, 6.45) is 0.844. The van der Waals surface area contributed by atoms with Gasteiger partial charge in [-0.05, 0) is 35.3 Å². The van der Waals surface area contributed by atoms with Gasteiger partial charge in [0.25, 0.3) is 5.91 Å². The molecule has 2 unspecified atom stereocenters. The zero-order valence-corrected chi connectivity index (χ0v) is 19.4. The topological polar surface area (TPSA) is 84.9 Å². The summed E-state index contributed by atoms with van der Waals surface area (Å²) in [4.78, 5) is 39.9. The van der Waals surface area contributed by atoms with E-state index in [2.05, 4.69) is 5.32 Å². The molecule has 2 heterocycles. The van der Waals surface area contributed by atoms with Gasteiger partial charge in [0.2, 0.25) is 5.91 Å². The Morgan fingerprint density at radius 1 is 1.09 bits per heavy atom. The highest BCUT2D eigenvalue weighted by molar-refractivity contribution is 8.00. The Hall–Kier alpha value is -3.26. The summed E-state index contributed by atoms with van der Waals surface area (Å²) in [5.41, 5.74) is 2.89. The first-order valence-electron chi connectivity index (χ1n) is 10.8. The fraction of sp³-hybridized carbons (Fsp3) is 0.320. The number of hydrogen-bond acceptors (Lipinski definition) is 6. The minimum absolute atomic E-state index is 0.0976. The molecule has 1 N–H and O–H groups in total. The van der Waals surface area contributed by atoms with Crippen molar-refractivity contribution in [1.82, 2.24) is 10.2 Å². The van der Waals surface area contributed by atoms with Crippen LogP contribution in [0.2, 0.25) is 0 Å². The van der Waals surface area contributed by atoms with Gasteiger partial charge in [-0.1, -0.05) is 49.4 Å². The molecule has 2 aromatic carbocycles. The van der Waals surface area contributed by atoms with E-state index in [9.17, 15) is 14.4 Å². The van der Waals surface area contributed by atoms with Crippen LogP contribution in [0.5, 0.6) is 5.75 Å². The van der Waals surface area contributed by atoms with Crippen molar-refractivity contribution in [3.63, 3.8) is 0 Å². The van der Waals surface area contributed by atoms with Gasteiger partial charge in [-0.2, -0.15) is 0 Å². The summed E-state index contributed by atoms with van der Waals surface area (Å²) in [5.74, 6) is 0.322. The first-order valence-corrected chi connectivity index (χ1v) is 11.9. The van der Waals surface area contributed by atoms with Gasteiger partial charge in [0.1, 0.15) is 29.5 Å². The Bertz CT molecular complexity index is 1070. The van der Waals surface area contributed by atoms with Crippen LogP contribution in [-0.2, 0) is 32.1 Å². The molecule has 0 radical (unpaired) electrons. The van der Waals surface area contributed by atoms with Crippen LogP contribution in [-0.4, -0.2) is 47.0 Å². The highest BCUT2D eigenvalue weighted by Crippen LogP contribution is 2.41. The number of β-lactam (4-membered cyclic amide) rings is 1. The summed E-state index contributed by atoms with van der Waals surface area (Å²) >= 11 is 1.56. The molecular weight excluding hydrogens is 440 g/mol. The highest BCUT2D eigenvalue weighted by Gasteiger charge is 2.54. The van der Waals surface area contributed by atoms with Crippen molar-refractivity contribution >= 4 is 29.5 Å². The predicted molar refractivity (Wildman–Crippen MR) is 125 cm³/mol. The number of nitrogens with one attached hydrogen (secondary N) is 1. The van der Waals surface area contributed by atoms with Crippen molar-refractivity contribution in [3.8, 4) is 5.75 Å². The lowest BCUT2D eigenvalue weighted by molar-refractivity contribution is -0.153. The molecule has 0 aliphatic carbocycles. The Morgan fingerprint density at radius 2 is 1.82 bits per heavy atom. The molecule has 2 aliphatic rings. The number of nitrogens with zero attached hydrogens (tertiary/aromatic N) is 1. The minimum Gasteiger partial charge on any atom is -0.497 e. The Labute approximate surface area is 197 Å². The van der Waals surface area contributed by atoms with E-state index in [0.29, 0.717) is 17.9 Å². The maximum atomic E-state index is 13.0. The molecule has 172 valence electrons. The normalized spacial score (nSPS) is 19.5. The second-order valence-electron chi connectivity index (χ2n) is 7.85. The van der Waals surface area contributed by atoms with E-state index in [1.807, 2.05) is 49.4 Å². The number of esters is 1. The predicted octanol–water partition coefficient (Wildman–Crippen LogP) is 3.05. The van der Waals surface area contributed by atoms with Crippen LogP contribution in [0.3, 0.4) is 0 Å². The summed E-state index contributed by atoms with van der Waals surface area (Å²) in [6, 6.07) is 16.0. The Kier molecular flexibility index (Phi) is 7.03. The smallest absolute Gasteiger partial charge is 0.355 e. The number of ether oxygens (including phenoxy) is 2. The lowest BCUT2D eigenvalue weighted by Crippen LogP contribution is -2.70. The van der Waals surface area contributed by atoms with E-state index in [0.717, 1.165) is 22.4 Å². The van der Waals surface area contributed by atoms with Crippen LogP contribution in [0.25, 0.3) is 0 Å². The molecule has 2 atom stereocenters. The number of fused-ring (bicyclic) bond motifs is 1. The monoisotopic (exact) mass is 466 g/mol. The van der Waals surface area contributed by atoms with Gasteiger partial charge < -0.3 is 14.8 Å². The van der Waals surface area contributed by atoms with Gasteiger partial charge in [-0.3, -0.25) is 14.5 Å². The first kappa shape index (κ1) is 22.9. The van der Waals surface area contributed by atoms with Crippen LogP contribution >= 0.6 is 11.8 Å². The molecule has 1 saturated heterocycles. The molecule has 7 nitrogen and oxygen atoms in total. The Morgan fingerprint density at radius 3 is 2.48 bits per heavy atom. The van der Waals surface area contributed by atoms with Crippen molar-refractivity contribution in [2.45, 2.75) is 37.8 Å². The molecular formula is C25H26N2O5S. The van der Waals surface area contributed by atoms with Gasteiger partial charge in [0.05, 0.1) is 13.5 Å². The van der Waals surface area contributed by atoms with Crippen LogP contribution in [0.15, 0.2) is 65.9 Å². The second kappa shape index (κ2) is 10.1. The number of methoxy groups -OCH3 is 1. The van der Waals surface area contributed by atoms with Crippen molar-refractivity contribution < 1.29 is 23.9 Å². The van der Waals surface area contributed by atoms with E-state index in [1.165, 1.54) is 4.90 Å². The molecule has 33 heavy (non-hydrogen) atoms. The first-order chi connectivity index (χ1) is 16.0. The average molecular weight is 467 g/mol. The maximum absolute atomic E-state index is 13.0. The van der Waals surface area contributed by atoms with Crippen LogP contribution < -0.4 is 10.1 Å². The number of benzene rings is 2. The molecule has 2 aromatic rings. The highest BCUT2D eigenvalue weighted by atomic mass is 32.2.